The number of hydrogen-bond donors (Lipinski definition) is 2. The molecule has 4 rings (SSSR count). The molecule has 0 fully saturated rings. The third kappa shape index (κ3) is 2.86. The van der Waals surface area contributed by atoms with Gasteiger partial charge in [-0.3, -0.25) is 9.59 Å². The van der Waals surface area contributed by atoms with E-state index in [4.69, 9.17) is 5.73 Å². The second kappa shape index (κ2) is 6.21. The van der Waals surface area contributed by atoms with Crippen LogP contribution in [0.4, 0.5) is 9.39 Å². The van der Waals surface area contributed by atoms with Crippen molar-refractivity contribution in [3.05, 3.63) is 52.0 Å². The Labute approximate surface area is 152 Å². The molecule has 1 atom stereocenters. The number of halogens is 1. The molecule has 0 aromatic carbocycles. The normalized spacial score (nSPS) is 16.5. The summed E-state index contributed by atoms with van der Waals surface area (Å²) in [5.74, 6) is -0.871. The molecule has 1 aliphatic rings. The predicted molar refractivity (Wildman–Crippen MR) is 97.1 cm³/mol. The minimum atomic E-state index is -0.538. The number of aromatic nitrogens is 2. The average Bonchev–Trinajstić information content (AvgIpc) is 3.14. The number of carbonyl (C=O) groups is 2. The lowest BCUT2D eigenvalue weighted by Crippen LogP contribution is -2.19. The number of nitrogens with zero attached hydrogens (tertiary/aromatic N) is 2. The van der Waals surface area contributed by atoms with E-state index in [1.54, 1.807) is 0 Å². The molecule has 26 heavy (non-hydrogen) atoms. The quantitative estimate of drug-likeness (QED) is 0.741. The van der Waals surface area contributed by atoms with Gasteiger partial charge in [0.1, 0.15) is 22.2 Å². The second-order valence-electron chi connectivity index (χ2n) is 6.61. The molecule has 0 saturated carbocycles. The summed E-state index contributed by atoms with van der Waals surface area (Å²) in [5.41, 5.74) is 7.53. The SMILES string of the molecule is CC1CCc2c(sc(NC(=O)c3cn4cc(F)ccc4n3)c2C(N)=O)C1. The molecule has 3 heterocycles. The summed E-state index contributed by atoms with van der Waals surface area (Å²) in [6, 6.07) is 2.77. The van der Waals surface area contributed by atoms with Crippen LogP contribution in [0.3, 0.4) is 0 Å². The van der Waals surface area contributed by atoms with Gasteiger partial charge in [0.05, 0.1) is 5.56 Å². The second-order valence-corrected chi connectivity index (χ2v) is 7.72. The Balaban J connectivity index is 1.67. The van der Waals surface area contributed by atoms with Gasteiger partial charge in [-0.25, -0.2) is 9.37 Å². The molecule has 0 radical (unpaired) electrons. The first-order valence-electron chi connectivity index (χ1n) is 8.32. The average molecular weight is 372 g/mol. The van der Waals surface area contributed by atoms with Crippen molar-refractivity contribution in [2.24, 2.45) is 11.7 Å². The molecule has 3 aromatic rings. The molecule has 0 saturated heterocycles. The lowest BCUT2D eigenvalue weighted by atomic mass is 9.88. The Bertz CT molecular complexity index is 1040. The number of primary amides is 1. The van der Waals surface area contributed by atoms with E-state index in [1.807, 2.05) is 0 Å². The zero-order valence-electron chi connectivity index (χ0n) is 14.1. The first-order valence-corrected chi connectivity index (χ1v) is 9.14. The number of nitrogens with one attached hydrogen (secondary N) is 1. The number of fused-ring (bicyclic) bond motifs is 2. The minimum absolute atomic E-state index is 0.144. The highest BCUT2D eigenvalue weighted by Crippen LogP contribution is 2.39. The number of anilines is 1. The Kier molecular flexibility index (Phi) is 3.99. The van der Waals surface area contributed by atoms with Gasteiger partial charge in [-0.1, -0.05) is 6.92 Å². The summed E-state index contributed by atoms with van der Waals surface area (Å²) in [6.07, 6.45) is 5.36. The Hall–Kier alpha value is -2.74. The van der Waals surface area contributed by atoms with E-state index in [2.05, 4.69) is 17.2 Å². The molecule has 1 aliphatic carbocycles. The van der Waals surface area contributed by atoms with Crippen LogP contribution in [0.2, 0.25) is 0 Å². The van der Waals surface area contributed by atoms with E-state index in [9.17, 15) is 14.0 Å². The lowest BCUT2D eigenvalue weighted by molar-refractivity contribution is 0.1000. The van der Waals surface area contributed by atoms with Crippen LogP contribution >= 0.6 is 11.3 Å². The van der Waals surface area contributed by atoms with E-state index >= 15 is 0 Å². The highest BCUT2D eigenvalue weighted by molar-refractivity contribution is 7.17. The number of thiophene rings is 1. The number of hydrogen-bond acceptors (Lipinski definition) is 4. The smallest absolute Gasteiger partial charge is 0.276 e. The summed E-state index contributed by atoms with van der Waals surface area (Å²) in [5, 5.41) is 3.23. The maximum atomic E-state index is 13.3. The predicted octanol–water partition coefficient (Wildman–Crippen LogP) is 3.01. The van der Waals surface area contributed by atoms with Crippen LogP contribution in [0.5, 0.6) is 0 Å². The minimum Gasteiger partial charge on any atom is -0.365 e. The fourth-order valence-electron chi connectivity index (χ4n) is 3.34. The first-order chi connectivity index (χ1) is 12.4. The van der Waals surface area contributed by atoms with Crippen molar-refractivity contribution >= 4 is 33.8 Å². The van der Waals surface area contributed by atoms with Crippen LogP contribution in [-0.2, 0) is 12.8 Å². The van der Waals surface area contributed by atoms with E-state index in [1.165, 1.54) is 40.3 Å². The monoisotopic (exact) mass is 372 g/mol. The number of nitrogens with two attached hydrogens (primary N) is 1. The van der Waals surface area contributed by atoms with Gasteiger partial charge in [0.2, 0.25) is 0 Å². The van der Waals surface area contributed by atoms with Gasteiger partial charge < -0.3 is 15.5 Å². The molecule has 3 N–H and O–H groups in total. The van der Waals surface area contributed by atoms with Crippen molar-refractivity contribution in [1.29, 1.82) is 0 Å². The van der Waals surface area contributed by atoms with Crippen molar-refractivity contribution in [3.8, 4) is 0 Å². The highest BCUT2D eigenvalue weighted by Gasteiger charge is 2.27. The van der Waals surface area contributed by atoms with Crippen molar-refractivity contribution < 1.29 is 14.0 Å². The number of amides is 2. The zero-order chi connectivity index (χ0) is 18.4. The van der Waals surface area contributed by atoms with Crippen LogP contribution in [0, 0.1) is 11.7 Å². The number of imidazole rings is 1. The lowest BCUT2D eigenvalue weighted by Gasteiger charge is -2.18. The van der Waals surface area contributed by atoms with Gasteiger partial charge in [-0.05, 0) is 42.9 Å². The van der Waals surface area contributed by atoms with E-state index in [-0.39, 0.29) is 5.69 Å². The third-order valence-corrected chi connectivity index (χ3v) is 5.80. The highest BCUT2D eigenvalue weighted by atomic mass is 32.1. The first kappa shape index (κ1) is 16.7. The Morgan fingerprint density at radius 3 is 2.96 bits per heavy atom. The largest absolute Gasteiger partial charge is 0.365 e. The van der Waals surface area contributed by atoms with Crippen molar-refractivity contribution in [2.75, 3.05) is 5.32 Å². The summed E-state index contributed by atoms with van der Waals surface area (Å²) < 4.78 is 14.7. The Morgan fingerprint density at radius 1 is 1.38 bits per heavy atom. The van der Waals surface area contributed by atoms with Crippen molar-refractivity contribution in [1.82, 2.24) is 9.38 Å². The standard InChI is InChI=1S/C18H17FN4O2S/c1-9-2-4-11-13(6-9)26-18(15(11)16(20)24)22-17(25)12-8-23-7-10(19)3-5-14(23)21-12/h3,5,7-9H,2,4,6H2,1H3,(H2,20,24)(H,22,25). The molecule has 0 bridgehead atoms. The van der Waals surface area contributed by atoms with E-state index in [0.29, 0.717) is 22.1 Å². The molecule has 0 aliphatic heterocycles. The maximum Gasteiger partial charge on any atom is 0.276 e. The molecule has 0 spiro atoms. The molecule has 2 amide bonds. The topological polar surface area (TPSA) is 89.5 Å². The number of pyridine rings is 1. The van der Waals surface area contributed by atoms with Gasteiger partial charge in [0.15, 0.2) is 0 Å². The zero-order valence-corrected chi connectivity index (χ0v) is 14.9. The van der Waals surface area contributed by atoms with Gasteiger partial charge in [-0.2, -0.15) is 0 Å². The number of carbonyl (C=O) groups excluding carboxylic acids is 2. The van der Waals surface area contributed by atoms with Crippen LogP contribution < -0.4 is 11.1 Å². The van der Waals surface area contributed by atoms with E-state index in [0.717, 1.165) is 29.7 Å². The summed E-state index contributed by atoms with van der Waals surface area (Å²) in [4.78, 5) is 29.8. The summed E-state index contributed by atoms with van der Waals surface area (Å²) in [6.45, 7) is 2.17. The Morgan fingerprint density at radius 2 is 2.19 bits per heavy atom. The molecule has 1 unspecified atom stereocenters. The van der Waals surface area contributed by atoms with Crippen LogP contribution in [0.25, 0.3) is 5.65 Å². The van der Waals surface area contributed by atoms with Crippen LogP contribution in [-0.4, -0.2) is 21.2 Å². The maximum absolute atomic E-state index is 13.3. The van der Waals surface area contributed by atoms with Gasteiger partial charge in [-0.15, -0.1) is 11.3 Å². The number of rotatable bonds is 3. The molecule has 3 aromatic heterocycles. The van der Waals surface area contributed by atoms with Crippen molar-refractivity contribution in [2.45, 2.75) is 26.2 Å². The molecular formula is C18H17FN4O2S. The third-order valence-electron chi connectivity index (χ3n) is 4.63. The summed E-state index contributed by atoms with van der Waals surface area (Å²) >= 11 is 1.40. The van der Waals surface area contributed by atoms with Gasteiger partial charge >= 0.3 is 0 Å². The van der Waals surface area contributed by atoms with Crippen LogP contribution in [0.1, 0.15) is 44.6 Å². The van der Waals surface area contributed by atoms with Gasteiger partial charge in [0.25, 0.3) is 11.8 Å². The molecular weight excluding hydrogens is 355 g/mol. The summed E-state index contributed by atoms with van der Waals surface area (Å²) in [7, 11) is 0. The molecule has 8 heteroatoms. The molecule has 6 nitrogen and oxygen atoms in total. The fourth-order valence-corrected chi connectivity index (χ4v) is 4.75. The van der Waals surface area contributed by atoms with Crippen LogP contribution in [0.15, 0.2) is 24.5 Å². The van der Waals surface area contributed by atoms with Crippen molar-refractivity contribution in [3.63, 3.8) is 0 Å². The fraction of sp³-hybridized carbons (Fsp3) is 0.278. The molecule has 134 valence electrons. The van der Waals surface area contributed by atoms with E-state index < -0.39 is 17.6 Å². The van der Waals surface area contributed by atoms with Gasteiger partial charge in [0, 0.05) is 17.3 Å².